The van der Waals surface area contributed by atoms with Crippen molar-refractivity contribution in [2.75, 3.05) is 0 Å². The Hall–Kier alpha value is -2.87. The molecule has 8 heteroatoms. The lowest BCUT2D eigenvalue weighted by Crippen LogP contribution is -2.21. The van der Waals surface area contributed by atoms with Crippen molar-refractivity contribution in [2.24, 2.45) is 0 Å². The van der Waals surface area contributed by atoms with Gasteiger partial charge in [0.15, 0.2) is 5.11 Å². The number of nitrogens with zero attached hydrogens (tertiary/aromatic N) is 2. The predicted octanol–water partition coefficient (Wildman–Crippen LogP) is 1.49. The van der Waals surface area contributed by atoms with Gasteiger partial charge in [-0.25, -0.2) is 4.98 Å². The molecule has 1 saturated heterocycles. The van der Waals surface area contributed by atoms with E-state index in [1.165, 1.54) is 12.1 Å². The number of nitro benzene ring substituents is 1. The molecule has 1 aliphatic heterocycles. The van der Waals surface area contributed by atoms with Crippen molar-refractivity contribution in [3.63, 3.8) is 0 Å². The van der Waals surface area contributed by atoms with E-state index < -0.39 is 4.92 Å². The van der Waals surface area contributed by atoms with Crippen LogP contribution in [0.1, 0.15) is 5.69 Å². The summed E-state index contributed by atoms with van der Waals surface area (Å²) in [6.45, 7) is 0. The molecular formula is C13H8N4O3S. The number of carbonyl (C=O) groups excluding carboxylic acids is 1. The second kappa shape index (κ2) is 4.91. The Balaban J connectivity index is 2.00. The van der Waals surface area contributed by atoms with Crippen LogP contribution in [-0.2, 0) is 4.79 Å². The maximum absolute atomic E-state index is 11.5. The van der Waals surface area contributed by atoms with Crippen LogP contribution in [0.5, 0.6) is 0 Å². The van der Waals surface area contributed by atoms with Gasteiger partial charge in [0.05, 0.1) is 16.1 Å². The second-order valence-corrected chi connectivity index (χ2v) is 4.74. The van der Waals surface area contributed by atoms with Crippen LogP contribution < -0.4 is 10.6 Å². The Morgan fingerprint density at radius 1 is 1.24 bits per heavy atom. The minimum atomic E-state index is -0.455. The van der Waals surface area contributed by atoms with Crippen molar-refractivity contribution >= 4 is 45.9 Å². The Kier molecular flexibility index (Phi) is 3.07. The van der Waals surface area contributed by atoms with Crippen molar-refractivity contribution in [3.05, 3.63) is 51.8 Å². The fraction of sp³-hybridized carbons (Fsp3) is 0. The normalized spacial score (nSPS) is 16.1. The van der Waals surface area contributed by atoms with Crippen LogP contribution in [0.3, 0.4) is 0 Å². The number of nitrogens with one attached hydrogen (secondary N) is 2. The molecule has 0 radical (unpaired) electrons. The van der Waals surface area contributed by atoms with Crippen molar-refractivity contribution in [2.45, 2.75) is 0 Å². The number of nitro groups is 1. The lowest BCUT2D eigenvalue weighted by molar-refractivity contribution is -0.384. The average molecular weight is 300 g/mol. The van der Waals surface area contributed by atoms with Gasteiger partial charge in [0.25, 0.3) is 11.6 Å². The third-order valence-electron chi connectivity index (χ3n) is 2.92. The van der Waals surface area contributed by atoms with E-state index in [0.717, 1.165) is 0 Å². The number of pyridine rings is 1. The number of hydrogen-bond donors (Lipinski definition) is 2. The van der Waals surface area contributed by atoms with Gasteiger partial charge in [-0.05, 0) is 30.4 Å². The molecule has 1 amide bonds. The Morgan fingerprint density at radius 2 is 2.05 bits per heavy atom. The number of carbonyl (C=O) groups is 1. The summed E-state index contributed by atoms with van der Waals surface area (Å²) in [6, 6.07) is 7.81. The molecule has 0 saturated carbocycles. The highest BCUT2D eigenvalue weighted by molar-refractivity contribution is 7.80. The van der Waals surface area contributed by atoms with Crippen LogP contribution in [-0.4, -0.2) is 20.9 Å². The maximum atomic E-state index is 11.5. The predicted molar refractivity (Wildman–Crippen MR) is 80.3 cm³/mol. The number of hydrogen-bond acceptors (Lipinski definition) is 5. The van der Waals surface area contributed by atoms with Crippen LogP contribution in [0.4, 0.5) is 5.69 Å². The molecule has 0 atom stereocenters. The summed E-state index contributed by atoms with van der Waals surface area (Å²) < 4.78 is 0. The molecule has 7 nitrogen and oxygen atoms in total. The standard InChI is InChI=1S/C13H8N4O3S/c18-12-11(15-13(21)16-12)6-8-2-1-7-5-9(17(19)20)3-4-10(7)14-8/h1-6H,(H2,15,16,18,21)/b11-6+. The molecule has 1 aromatic carbocycles. The van der Waals surface area contributed by atoms with Crippen LogP contribution in [0.2, 0.25) is 0 Å². The van der Waals surface area contributed by atoms with E-state index in [1.807, 2.05) is 0 Å². The molecule has 2 heterocycles. The molecule has 3 rings (SSSR count). The first-order valence-corrected chi connectivity index (χ1v) is 6.33. The number of benzene rings is 1. The van der Waals surface area contributed by atoms with Gasteiger partial charge in [-0.3, -0.25) is 20.2 Å². The van der Waals surface area contributed by atoms with E-state index in [1.54, 1.807) is 24.3 Å². The first-order chi connectivity index (χ1) is 10.0. The number of aromatic nitrogens is 1. The van der Waals surface area contributed by atoms with Crippen LogP contribution in [0.15, 0.2) is 36.0 Å². The van der Waals surface area contributed by atoms with E-state index in [4.69, 9.17) is 12.2 Å². The lowest BCUT2D eigenvalue weighted by atomic mass is 10.1. The topological polar surface area (TPSA) is 97.2 Å². The second-order valence-electron chi connectivity index (χ2n) is 4.34. The Bertz CT molecular complexity index is 831. The molecule has 0 bridgehead atoms. The minimum Gasteiger partial charge on any atom is -0.328 e. The highest BCUT2D eigenvalue weighted by atomic mass is 32.1. The summed E-state index contributed by atoms with van der Waals surface area (Å²) in [5.41, 5.74) is 1.49. The average Bonchev–Trinajstić information content (AvgIpc) is 2.76. The van der Waals surface area contributed by atoms with Gasteiger partial charge in [-0.2, -0.15) is 0 Å². The van der Waals surface area contributed by atoms with Gasteiger partial charge in [0.2, 0.25) is 0 Å². The summed E-state index contributed by atoms with van der Waals surface area (Å²) in [5, 5.41) is 16.8. The van der Waals surface area contributed by atoms with E-state index in [-0.39, 0.29) is 16.7 Å². The quantitative estimate of drug-likeness (QED) is 0.377. The molecule has 1 fully saturated rings. The van der Waals surface area contributed by atoms with Crippen molar-refractivity contribution in [3.8, 4) is 0 Å². The summed E-state index contributed by atoms with van der Waals surface area (Å²) >= 11 is 4.84. The zero-order valence-corrected chi connectivity index (χ0v) is 11.3. The van der Waals surface area contributed by atoms with Crippen molar-refractivity contribution in [1.82, 2.24) is 15.6 Å². The molecule has 2 N–H and O–H groups in total. The summed E-state index contributed by atoms with van der Waals surface area (Å²) in [4.78, 5) is 26.1. The first-order valence-electron chi connectivity index (χ1n) is 5.92. The molecule has 1 aromatic heterocycles. The number of non-ortho nitro benzene ring substituents is 1. The monoisotopic (exact) mass is 300 g/mol. The van der Waals surface area contributed by atoms with Gasteiger partial charge >= 0.3 is 0 Å². The summed E-state index contributed by atoms with van der Waals surface area (Å²) in [7, 11) is 0. The number of rotatable bonds is 2. The van der Waals surface area contributed by atoms with Gasteiger partial charge in [0.1, 0.15) is 5.70 Å². The largest absolute Gasteiger partial charge is 0.328 e. The van der Waals surface area contributed by atoms with Crippen LogP contribution in [0.25, 0.3) is 17.0 Å². The highest BCUT2D eigenvalue weighted by Gasteiger charge is 2.20. The smallest absolute Gasteiger partial charge is 0.273 e. The molecule has 0 spiro atoms. The fourth-order valence-corrected chi connectivity index (χ4v) is 2.16. The zero-order chi connectivity index (χ0) is 15.0. The fourth-order valence-electron chi connectivity index (χ4n) is 1.95. The maximum Gasteiger partial charge on any atom is 0.273 e. The zero-order valence-electron chi connectivity index (χ0n) is 10.5. The highest BCUT2D eigenvalue weighted by Crippen LogP contribution is 2.20. The van der Waals surface area contributed by atoms with Crippen LogP contribution >= 0.6 is 12.2 Å². The Morgan fingerprint density at radius 3 is 2.71 bits per heavy atom. The minimum absolute atomic E-state index is 0.0117. The summed E-state index contributed by atoms with van der Waals surface area (Å²) in [5.74, 6) is -0.314. The Labute approximate surface area is 123 Å². The number of amides is 1. The van der Waals surface area contributed by atoms with Gasteiger partial charge in [-0.1, -0.05) is 6.07 Å². The van der Waals surface area contributed by atoms with Gasteiger partial charge in [0, 0.05) is 17.5 Å². The lowest BCUT2D eigenvalue weighted by Gasteiger charge is -2.00. The van der Waals surface area contributed by atoms with E-state index in [0.29, 0.717) is 22.3 Å². The van der Waals surface area contributed by atoms with Gasteiger partial charge in [-0.15, -0.1) is 0 Å². The van der Waals surface area contributed by atoms with E-state index in [9.17, 15) is 14.9 Å². The van der Waals surface area contributed by atoms with Crippen molar-refractivity contribution < 1.29 is 9.72 Å². The van der Waals surface area contributed by atoms with E-state index in [2.05, 4.69) is 15.6 Å². The third-order valence-corrected chi connectivity index (χ3v) is 3.12. The molecule has 2 aromatic rings. The van der Waals surface area contributed by atoms with E-state index >= 15 is 0 Å². The van der Waals surface area contributed by atoms with Gasteiger partial charge < -0.3 is 5.32 Å². The molecular weight excluding hydrogens is 292 g/mol. The third kappa shape index (κ3) is 2.56. The number of fused-ring (bicyclic) bond motifs is 1. The molecule has 1 aliphatic rings. The molecule has 21 heavy (non-hydrogen) atoms. The van der Waals surface area contributed by atoms with Crippen LogP contribution in [0, 0.1) is 10.1 Å². The SMILES string of the molecule is O=C1NC(=S)N/C1=C/c1ccc2cc([N+](=O)[O-])ccc2n1. The molecule has 104 valence electrons. The number of thiocarbonyl (C=S) groups is 1. The summed E-state index contributed by atoms with van der Waals surface area (Å²) in [6.07, 6.45) is 1.56. The first kappa shape index (κ1) is 13.1. The van der Waals surface area contributed by atoms with Crippen molar-refractivity contribution in [1.29, 1.82) is 0 Å². The molecule has 0 aliphatic carbocycles. The molecule has 0 unspecified atom stereocenters.